The molecule has 4 rings (SSSR count). The number of halogens is 1. The summed E-state index contributed by atoms with van der Waals surface area (Å²) in [4.78, 5) is 27.8. The van der Waals surface area contributed by atoms with Crippen molar-refractivity contribution in [1.82, 2.24) is 20.0 Å². The third kappa shape index (κ3) is 4.66. The van der Waals surface area contributed by atoms with E-state index in [4.69, 9.17) is 0 Å². The van der Waals surface area contributed by atoms with E-state index in [-0.39, 0.29) is 23.7 Å². The van der Waals surface area contributed by atoms with Gasteiger partial charge in [-0.05, 0) is 68.7 Å². The molecule has 2 heterocycles. The number of nitrogens with zero attached hydrogens (tertiary/aromatic N) is 3. The number of nitrogens with one attached hydrogen (secondary N) is 1. The monoisotopic (exact) mass is 420 g/mol. The van der Waals surface area contributed by atoms with Gasteiger partial charge in [0.05, 0.1) is 11.4 Å². The van der Waals surface area contributed by atoms with Gasteiger partial charge in [0.2, 0.25) is 0 Å². The Hall–Kier alpha value is -3.48. The zero-order valence-corrected chi connectivity index (χ0v) is 17.4. The number of piperidine rings is 1. The van der Waals surface area contributed by atoms with Crippen molar-refractivity contribution >= 4 is 11.8 Å². The molecule has 1 N–H and O–H groups in total. The van der Waals surface area contributed by atoms with Crippen molar-refractivity contribution in [3.63, 3.8) is 0 Å². The third-order valence-electron chi connectivity index (χ3n) is 5.54. The summed E-state index contributed by atoms with van der Waals surface area (Å²) >= 11 is 0. The molecule has 2 aromatic carbocycles. The number of carbonyl (C=O) groups excluding carboxylic acids is 2. The Bertz CT molecular complexity index is 1060. The van der Waals surface area contributed by atoms with E-state index in [1.807, 2.05) is 42.2 Å². The van der Waals surface area contributed by atoms with Crippen LogP contribution in [-0.2, 0) is 0 Å². The van der Waals surface area contributed by atoms with Gasteiger partial charge in [-0.15, -0.1) is 0 Å². The smallest absolute Gasteiger partial charge is 0.272 e. The average molecular weight is 420 g/mol. The highest BCUT2D eigenvalue weighted by molar-refractivity contribution is 5.95. The number of aromatic nitrogens is 2. The molecule has 1 unspecified atom stereocenters. The van der Waals surface area contributed by atoms with Crippen molar-refractivity contribution in [2.75, 3.05) is 13.1 Å². The molecule has 1 aliphatic rings. The Morgan fingerprint density at radius 2 is 1.84 bits per heavy atom. The lowest BCUT2D eigenvalue weighted by molar-refractivity contribution is 0.0593. The molecule has 7 heteroatoms. The number of hydrogen-bond acceptors (Lipinski definition) is 3. The second-order valence-electron chi connectivity index (χ2n) is 7.78. The molecule has 1 aromatic heterocycles. The number of benzene rings is 2. The average Bonchev–Trinajstić information content (AvgIpc) is 3.20. The maximum absolute atomic E-state index is 13.5. The number of rotatable bonds is 5. The Labute approximate surface area is 180 Å². The SMILES string of the molecule is Cc1cc(C(=O)N2CCCCC2CNC(=O)c2ccc(F)cc2)n(-c2ccccc2)n1. The van der Waals surface area contributed by atoms with Gasteiger partial charge < -0.3 is 10.2 Å². The van der Waals surface area contributed by atoms with Gasteiger partial charge in [0, 0.05) is 24.7 Å². The van der Waals surface area contributed by atoms with Gasteiger partial charge in [-0.1, -0.05) is 18.2 Å². The first-order chi connectivity index (χ1) is 15.0. The molecule has 0 bridgehead atoms. The highest BCUT2D eigenvalue weighted by Gasteiger charge is 2.30. The summed E-state index contributed by atoms with van der Waals surface area (Å²) in [5, 5.41) is 7.41. The van der Waals surface area contributed by atoms with Gasteiger partial charge in [0.25, 0.3) is 11.8 Å². The van der Waals surface area contributed by atoms with Crippen LogP contribution in [0.15, 0.2) is 60.7 Å². The van der Waals surface area contributed by atoms with Crippen molar-refractivity contribution in [3.8, 4) is 5.69 Å². The van der Waals surface area contributed by atoms with Gasteiger partial charge in [-0.2, -0.15) is 5.10 Å². The van der Waals surface area contributed by atoms with Crippen LogP contribution in [-0.4, -0.2) is 45.6 Å². The second-order valence-corrected chi connectivity index (χ2v) is 7.78. The number of hydrogen-bond donors (Lipinski definition) is 1. The number of carbonyl (C=O) groups is 2. The topological polar surface area (TPSA) is 67.2 Å². The molecule has 3 aromatic rings. The molecule has 31 heavy (non-hydrogen) atoms. The molecule has 1 fully saturated rings. The normalized spacial score (nSPS) is 16.2. The predicted molar refractivity (Wildman–Crippen MR) is 116 cm³/mol. The van der Waals surface area contributed by atoms with E-state index < -0.39 is 0 Å². The molecule has 1 saturated heterocycles. The number of para-hydroxylation sites is 1. The summed E-state index contributed by atoms with van der Waals surface area (Å²) < 4.78 is 14.8. The van der Waals surface area contributed by atoms with E-state index in [9.17, 15) is 14.0 Å². The summed E-state index contributed by atoms with van der Waals surface area (Å²) in [5.74, 6) is -0.751. The Balaban J connectivity index is 1.51. The minimum Gasteiger partial charge on any atom is -0.350 e. The van der Waals surface area contributed by atoms with Gasteiger partial charge in [-0.25, -0.2) is 9.07 Å². The molecule has 0 aliphatic carbocycles. The summed E-state index contributed by atoms with van der Waals surface area (Å²) in [7, 11) is 0. The highest BCUT2D eigenvalue weighted by atomic mass is 19.1. The molecule has 1 aliphatic heterocycles. The van der Waals surface area contributed by atoms with Crippen LogP contribution in [0.25, 0.3) is 5.69 Å². The quantitative estimate of drug-likeness (QED) is 0.684. The largest absolute Gasteiger partial charge is 0.350 e. The maximum Gasteiger partial charge on any atom is 0.272 e. The fourth-order valence-corrected chi connectivity index (χ4v) is 3.96. The Morgan fingerprint density at radius 1 is 1.10 bits per heavy atom. The van der Waals surface area contributed by atoms with E-state index >= 15 is 0 Å². The van der Waals surface area contributed by atoms with Crippen LogP contribution in [0, 0.1) is 12.7 Å². The minimum absolute atomic E-state index is 0.0924. The van der Waals surface area contributed by atoms with Crippen LogP contribution < -0.4 is 5.32 Å². The van der Waals surface area contributed by atoms with Crippen molar-refractivity contribution in [2.45, 2.75) is 32.2 Å². The number of amides is 2. The molecule has 0 saturated carbocycles. The van der Waals surface area contributed by atoms with Crippen LogP contribution >= 0.6 is 0 Å². The molecule has 0 radical (unpaired) electrons. The van der Waals surface area contributed by atoms with Crippen LogP contribution in [0.5, 0.6) is 0 Å². The summed E-state index contributed by atoms with van der Waals surface area (Å²) in [6.45, 7) is 2.85. The molecule has 1 atom stereocenters. The fourth-order valence-electron chi connectivity index (χ4n) is 3.96. The van der Waals surface area contributed by atoms with E-state index in [1.165, 1.54) is 24.3 Å². The Kier molecular flexibility index (Phi) is 6.11. The highest BCUT2D eigenvalue weighted by Crippen LogP contribution is 2.22. The lowest BCUT2D eigenvalue weighted by Crippen LogP contribution is -2.49. The molecule has 160 valence electrons. The van der Waals surface area contributed by atoms with Gasteiger partial charge in [0.1, 0.15) is 11.5 Å². The van der Waals surface area contributed by atoms with E-state index in [0.29, 0.717) is 24.3 Å². The van der Waals surface area contributed by atoms with Gasteiger partial charge in [0.15, 0.2) is 0 Å². The zero-order valence-electron chi connectivity index (χ0n) is 17.4. The van der Waals surface area contributed by atoms with Crippen LogP contribution in [0.3, 0.4) is 0 Å². The summed E-state index contributed by atoms with van der Waals surface area (Å²) in [6, 6.07) is 16.7. The van der Waals surface area contributed by atoms with Crippen molar-refractivity contribution in [1.29, 1.82) is 0 Å². The summed E-state index contributed by atoms with van der Waals surface area (Å²) in [5.41, 5.74) is 2.51. The van der Waals surface area contributed by atoms with E-state index in [0.717, 1.165) is 30.6 Å². The van der Waals surface area contributed by atoms with Gasteiger partial charge in [-0.3, -0.25) is 9.59 Å². The predicted octanol–water partition coefficient (Wildman–Crippen LogP) is 3.74. The molecular weight excluding hydrogens is 395 g/mol. The lowest BCUT2D eigenvalue weighted by atomic mass is 10.0. The number of aryl methyl sites for hydroxylation is 1. The first kappa shape index (κ1) is 20.8. The van der Waals surface area contributed by atoms with Crippen molar-refractivity contribution < 1.29 is 14.0 Å². The Morgan fingerprint density at radius 3 is 2.58 bits per heavy atom. The molecule has 2 amide bonds. The van der Waals surface area contributed by atoms with Gasteiger partial charge >= 0.3 is 0 Å². The van der Waals surface area contributed by atoms with E-state index in [1.54, 1.807) is 10.7 Å². The summed E-state index contributed by atoms with van der Waals surface area (Å²) in [6.07, 6.45) is 2.73. The zero-order chi connectivity index (χ0) is 21.8. The van der Waals surface area contributed by atoms with Crippen LogP contribution in [0.2, 0.25) is 0 Å². The molecule has 0 spiro atoms. The van der Waals surface area contributed by atoms with E-state index in [2.05, 4.69) is 10.4 Å². The van der Waals surface area contributed by atoms with Crippen LogP contribution in [0.4, 0.5) is 4.39 Å². The second kappa shape index (κ2) is 9.12. The van der Waals surface area contributed by atoms with Crippen LogP contribution in [0.1, 0.15) is 45.8 Å². The first-order valence-corrected chi connectivity index (χ1v) is 10.5. The van der Waals surface area contributed by atoms with Crippen molar-refractivity contribution in [2.24, 2.45) is 0 Å². The standard InChI is InChI=1S/C24H25FN4O2/c1-17-15-22(29(27-17)20-7-3-2-4-8-20)24(31)28-14-6-5-9-21(28)16-26-23(30)18-10-12-19(25)13-11-18/h2-4,7-8,10-13,15,21H,5-6,9,14,16H2,1H3,(H,26,30). The first-order valence-electron chi connectivity index (χ1n) is 10.5. The number of likely N-dealkylation sites (tertiary alicyclic amines) is 1. The molecular formula is C24H25FN4O2. The lowest BCUT2D eigenvalue weighted by Gasteiger charge is -2.36. The molecule has 6 nitrogen and oxygen atoms in total. The van der Waals surface area contributed by atoms with Crippen molar-refractivity contribution in [3.05, 3.63) is 83.4 Å². The fraction of sp³-hybridized carbons (Fsp3) is 0.292. The minimum atomic E-state index is -0.383. The maximum atomic E-state index is 13.5. The third-order valence-corrected chi connectivity index (χ3v) is 5.54.